The van der Waals surface area contributed by atoms with Crippen molar-refractivity contribution in [2.75, 3.05) is 66.7 Å². The minimum Gasteiger partial charge on any atom is -0.870 e. The van der Waals surface area contributed by atoms with Gasteiger partial charge in [0.15, 0.2) is 0 Å². The molecule has 0 atom stereocenters. The van der Waals surface area contributed by atoms with Crippen molar-refractivity contribution in [3.05, 3.63) is 0 Å². The number of rotatable bonds is 8. The van der Waals surface area contributed by atoms with E-state index in [0.29, 0.717) is 26.2 Å². The van der Waals surface area contributed by atoms with Gasteiger partial charge in [-0.2, -0.15) is 0 Å². The van der Waals surface area contributed by atoms with Crippen molar-refractivity contribution in [3.8, 4) is 0 Å². The van der Waals surface area contributed by atoms with Gasteiger partial charge < -0.3 is 120 Å². The molecule has 0 amide bonds. The number of aliphatic carboxylic acids is 8. The van der Waals surface area contributed by atoms with Crippen LogP contribution in [0.3, 0.4) is 0 Å². The maximum atomic E-state index is 9.91. The molecular weight excluding hydrogens is 1630 g/mol. The summed E-state index contributed by atoms with van der Waals surface area (Å²) in [6, 6.07) is 0. The molecule has 0 aromatic rings. The molecule has 0 saturated carbocycles. The number of likely N-dealkylation sites (N-methyl/N-ethyl adjacent to an activating group) is 2. The van der Waals surface area contributed by atoms with Crippen molar-refractivity contribution in [1.29, 1.82) is 0 Å². The van der Waals surface area contributed by atoms with Crippen molar-refractivity contribution in [1.82, 2.24) is 9.80 Å². The van der Waals surface area contributed by atoms with E-state index >= 15 is 0 Å². The third-order valence-corrected chi connectivity index (χ3v) is 6.81. The van der Waals surface area contributed by atoms with Gasteiger partial charge in [-0.15, -0.1) is 13.2 Å². The van der Waals surface area contributed by atoms with Crippen molar-refractivity contribution < 1.29 is 263 Å². The molecular formula is C50H98Dy4N2O22. The van der Waals surface area contributed by atoms with Crippen LogP contribution in [0.15, 0.2) is 0 Å². The van der Waals surface area contributed by atoms with E-state index < -0.39 is 91.1 Å². The normalized spacial score (nSPS) is 10.3. The molecule has 0 unspecified atom stereocenters. The van der Waals surface area contributed by atoms with Crippen LogP contribution in [0.4, 0.5) is 0 Å². The Labute approximate surface area is 589 Å². The van der Waals surface area contributed by atoms with Crippen LogP contribution in [0.1, 0.15) is 166 Å². The van der Waals surface area contributed by atoms with Gasteiger partial charge >= 0.3 is 153 Å². The monoisotopic (exact) mass is 1730 g/mol. The Bertz CT molecular complexity index is 1170. The zero-order chi connectivity index (χ0) is 61.4. The van der Waals surface area contributed by atoms with Gasteiger partial charge in [-0.3, -0.25) is 0 Å². The second-order valence-corrected chi connectivity index (χ2v) is 23.8. The molecule has 0 rings (SSSR count). The first-order valence-electron chi connectivity index (χ1n) is 22.6. The van der Waals surface area contributed by atoms with E-state index in [1.807, 2.05) is 14.1 Å². The molecule has 0 aliphatic carbocycles. The molecule has 0 heterocycles. The van der Waals surface area contributed by atoms with Gasteiger partial charge in [-0.1, -0.05) is 166 Å². The van der Waals surface area contributed by atoms with Crippen LogP contribution >= 0.6 is 0 Å². The third-order valence-electron chi connectivity index (χ3n) is 6.81. The fraction of sp³-hybridized carbons (Fsp3) is 0.840. The quantitative estimate of drug-likeness (QED) is 0.229. The minimum atomic E-state index is -1.01. The van der Waals surface area contributed by atoms with Crippen LogP contribution in [0, 0.1) is 196 Å². The Morgan fingerprint density at radius 2 is 0.359 bits per heavy atom. The summed E-state index contributed by atoms with van der Waals surface area (Å²) >= 11 is 0. The average molecular weight is 1730 g/mol. The summed E-state index contributed by atoms with van der Waals surface area (Å²) in [7, 11) is 3.63. The molecule has 4 radical (unpaired) electrons. The van der Waals surface area contributed by atoms with Crippen LogP contribution in [0.5, 0.6) is 0 Å². The Balaban J connectivity index is -0.0000000388. The summed E-state index contributed by atoms with van der Waals surface area (Å²) in [5.74, 6) is -8.06. The second kappa shape index (κ2) is 60.6. The van der Waals surface area contributed by atoms with E-state index in [0.717, 1.165) is 0 Å². The van der Waals surface area contributed by atoms with Gasteiger partial charge in [-0.05, 0) is 27.2 Å². The molecule has 0 bridgehead atoms. The largest absolute Gasteiger partial charge is 3.00 e. The number of carboxylic acids is 8. The van der Waals surface area contributed by atoms with Gasteiger partial charge in [0.05, 0.1) is 13.2 Å². The first-order chi connectivity index (χ1) is 31.2. The summed E-state index contributed by atoms with van der Waals surface area (Å²) in [6.45, 7) is 40.7. The topological polar surface area (TPSA) is 474 Å². The molecule has 24 nitrogen and oxygen atoms in total. The van der Waals surface area contributed by atoms with Gasteiger partial charge in [0.2, 0.25) is 0 Å². The van der Waals surface area contributed by atoms with E-state index in [-0.39, 0.29) is 190 Å². The minimum absolute atomic E-state index is 0. The summed E-state index contributed by atoms with van der Waals surface area (Å²) in [6.07, 6.45) is 0. The third kappa shape index (κ3) is 119. The summed E-state index contributed by atoms with van der Waals surface area (Å²) in [5.41, 5.74) is -5.56. The first-order valence-corrected chi connectivity index (χ1v) is 22.6. The van der Waals surface area contributed by atoms with Crippen LogP contribution < -0.4 is 51.1 Å². The van der Waals surface area contributed by atoms with Crippen molar-refractivity contribution in [2.24, 2.45) is 43.3 Å². The van der Waals surface area contributed by atoms with Gasteiger partial charge in [0, 0.05) is 104 Å². The molecule has 0 aliphatic rings. The van der Waals surface area contributed by atoms with Crippen LogP contribution in [-0.2, 0) is 38.4 Å². The Kier molecular flexibility index (Phi) is 93.9. The molecule has 0 saturated heterocycles. The average Bonchev–Trinajstić information content (AvgIpc) is 3.11. The maximum Gasteiger partial charge on any atom is 3.00 e. The fourth-order valence-electron chi connectivity index (χ4n) is 0.877. The molecule has 0 spiro atoms. The van der Waals surface area contributed by atoms with E-state index in [9.17, 15) is 89.4 Å². The van der Waals surface area contributed by atoms with E-state index in [1.165, 1.54) is 0 Å². The van der Waals surface area contributed by atoms with Crippen molar-refractivity contribution >= 4 is 47.8 Å². The molecule has 78 heavy (non-hydrogen) atoms. The van der Waals surface area contributed by atoms with E-state index in [2.05, 4.69) is 0 Å². The summed E-state index contributed by atoms with van der Waals surface area (Å²) < 4.78 is 0. The number of hydrogen-bond acceptors (Lipinski definition) is 24. The predicted molar refractivity (Wildman–Crippen MR) is 258 cm³/mol. The molecule has 480 valence electrons. The molecule has 0 aromatic carbocycles. The first kappa shape index (κ1) is 121. The maximum absolute atomic E-state index is 9.91. The molecule has 0 aliphatic heterocycles. The second-order valence-electron chi connectivity index (χ2n) is 23.8. The Morgan fingerprint density at radius 1 is 0.282 bits per heavy atom. The Hall–Kier alpha value is 0.531. The number of aliphatic hydroxyl groups excluding tert-OH is 2. The van der Waals surface area contributed by atoms with E-state index in [1.54, 1.807) is 176 Å². The zero-order valence-corrected chi connectivity index (χ0v) is 59.1. The molecule has 28 heteroatoms. The molecule has 4 N–H and O–H groups in total. The van der Waals surface area contributed by atoms with Crippen LogP contribution in [0.25, 0.3) is 0 Å². The number of carboxylic acid groups (broad SMARTS) is 8. The van der Waals surface area contributed by atoms with Gasteiger partial charge in [0.1, 0.15) is 0 Å². The van der Waals surface area contributed by atoms with Gasteiger partial charge in [-0.25, -0.2) is 0 Å². The van der Waals surface area contributed by atoms with Gasteiger partial charge in [0.25, 0.3) is 0 Å². The van der Waals surface area contributed by atoms with Crippen molar-refractivity contribution in [2.45, 2.75) is 166 Å². The number of aliphatic hydroxyl groups is 2. The van der Waals surface area contributed by atoms with Crippen LogP contribution in [-0.4, -0.2) is 145 Å². The predicted octanol–water partition coefficient (Wildman–Crippen LogP) is -5.55. The number of nitrogens with zero attached hydrogens (tertiary/aromatic N) is 2. The standard InChI is InChI=1S/2C5H12NO2.8C5H10O2.4Dy.2H2O/c2*1-6(2-4-7)3-5-8;8*1-5(2,3)4(6)7;;;;;;/h2*7H,2-5H2,1H3;8*1-3H3,(H,6,7);;;;;2*1H2/q2*-1;;;;;;;;;4*+3;;/p-10. The molecule has 0 fully saturated rings. The molecule has 0 aromatic heterocycles. The smallest absolute Gasteiger partial charge is 0.870 e. The Morgan fingerprint density at radius 3 is 0.397 bits per heavy atom. The summed E-state index contributed by atoms with van der Waals surface area (Å²) in [4.78, 5) is 82.9. The van der Waals surface area contributed by atoms with E-state index in [4.69, 9.17) is 10.2 Å². The fourth-order valence-corrected chi connectivity index (χ4v) is 0.877. The zero-order valence-electron chi connectivity index (χ0n) is 51.0. The van der Waals surface area contributed by atoms with Crippen molar-refractivity contribution in [3.63, 3.8) is 0 Å². The number of carbonyl (C=O) groups excluding carboxylic acids is 8. The summed E-state index contributed by atoms with van der Waals surface area (Å²) in [5, 5.41) is 116. The number of hydrogen-bond donors (Lipinski definition) is 2. The number of carbonyl (C=O) groups is 8. The van der Waals surface area contributed by atoms with Crippen LogP contribution in [0.2, 0.25) is 0 Å². The SMILES string of the molecule is CC(C)(C)C(=O)[O-].CC(C)(C)C(=O)[O-].CC(C)(C)C(=O)[O-].CC(C)(C)C(=O)[O-].CC(C)(C)C(=O)[O-].CC(C)(C)C(=O)[O-].CC(C)(C)C(=O)[O-].CC(C)(C)C(=O)[O-].CN(CC[O-])CCO.CN(CC[O-])CCO.[Dy+3].[Dy+3].[Dy+3].[Dy+3].[OH-].[OH-].